The highest BCUT2D eigenvalue weighted by atomic mass is 15.5. The molecule has 0 aromatic carbocycles. The number of nitrogens with zero attached hydrogens (tertiary/aromatic N) is 4. The van der Waals surface area contributed by atoms with Gasteiger partial charge in [0, 0.05) is 6.54 Å². The molecule has 0 unspecified atom stereocenters. The zero-order valence-corrected chi connectivity index (χ0v) is 10.0. The standard InChI is InChI=1S/C11H21N5/c1-2-7-12-9-11-13-14-15-16(11)8-3-4-10-5-6-10/h10,12H,2-9H2,1H3. The molecule has 5 heteroatoms. The van der Waals surface area contributed by atoms with E-state index in [9.17, 15) is 0 Å². The number of hydrogen-bond donors (Lipinski definition) is 1. The van der Waals surface area contributed by atoms with Crippen molar-refractivity contribution < 1.29 is 0 Å². The third kappa shape index (κ3) is 3.56. The summed E-state index contributed by atoms with van der Waals surface area (Å²) in [5.74, 6) is 1.96. The van der Waals surface area contributed by atoms with Crippen molar-refractivity contribution in [1.29, 1.82) is 0 Å². The monoisotopic (exact) mass is 223 g/mol. The largest absolute Gasteiger partial charge is 0.310 e. The minimum absolute atomic E-state index is 0.782. The van der Waals surface area contributed by atoms with E-state index in [1.54, 1.807) is 0 Å². The first-order chi connectivity index (χ1) is 7.90. The molecule has 0 amide bonds. The summed E-state index contributed by atoms with van der Waals surface area (Å²) in [6, 6.07) is 0. The Hall–Kier alpha value is -0.970. The molecule has 1 aromatic rings. The van der Waals surface area contributed by atoms with E-state index < -0.39 is 0 Å². The average molecular weight is 223 g/mol. The quantitative estimate of drug-likeness (QED) is 0.676. The third-order valence-electron chi connectivity index (χ3n) is 3.00. The second-order valence-corrected chi connectivity index (χ2v) is 4.58. The maximum absolute atomic E-state index is 4.04. The summed E-state index contributed by atoms with van der Waals surface area (Å²) in [7, 11) is 0. The van der Waals surface area contributed by atoms with Gasteiger partial charge < -0.3 is 5.32 Å². The summed E-state index contributed by atoms with van der Waals surface area (Å²) in [6.45, 7) is 4.93. The van der Waals surface area contributed by atoms with Gasteiger partial charge in [0.15, 0.2) is 5.82 Å². The summed E-state index contributed by atoms with van der Waals surface area (Å²) >= 11 is 0. The first kappa shape index (κ1) is 11.5. The van der Waals surface area contributed by atoms with E-state index in [0.29, 0.717) is 0 Å². The topological polar surface area (TPSA) is 55.6 Å². The molecule has 0 radical (unpaired) electrons. The Morgan fingerprint density at radius 2 is 2.31 bits per heavy atom. The van der Waals surface area contributed by atoms with Crippen LogP contribution < -0.4 is 5.32 Å². The molecule has 0 aliphatic heterocycles. The molecule has 1 saturated carbocycles. The van der Waals surface area contributed by atoms with Crippen molar-refractivity contribution in [2.45, 2.75) is 52.1 Å². The lowest BCUT2D eigenvalue weighted by molar-refractivity contribution is 0.496. The molecular formula is C11H21N5. The lowest BCUT2D eigenvalue weighted by atomic mass is 10.2. The minimum Gasteiger partial charge on any atom is -0.310 e. The van der Waals surface area contributed by atoms with Crippen LogP contribution in [-0.2, 0) is 13.1 Å². The van der Waals surface area contributed by atoms with Crippen molar-refractivity contribution in [2.75, 3.05) is 6.54 Å². The third-order valence-corrected chi connectivity index (χ3v) is 3.00. The van der Waals surface area contributed by atoms with E-state index in [0.717, 1.165) is 37.8 Å². The molecule has 1 fully saturated rings. The Morgan fingerprint density at radius 1 is 1.44 bits per heavy atom. The van der Waals surface area contributed by atoms with Crippen molar-refractivity contribution in [3.05, 3.63) is 5.82 Å². The van der Waals surface area contributed by atoms with Gasteiger partial charge in [-0.1, -0.05) is 19.8 Å². The molecule has 1 aliphatic carbocycles. The highest BCUT2D eigenvalue weighted by Gasteiger charge is 2.20. The summed E-state index contributed by atoms with van der Waals surface area (Å²) < 4.78 is 1.94. The molecule has 1 N–H and O–H groups in total. The van der Waals surface area contributed by atoms with E-state index in [-0.39, 0.29) is 0 Å². The fraction of sp³-hybridized carbons (Fsp3) is 0.909. The molecule has 0 bridgehead atoms. The van der Waals surface area contributed by atoms with Gasteiger partial charge in [-0.25, -0.2) is 4.68 Å². The molecule has 1 heterocycles. The van der Waals surface area contributed by atoms with Gasteiger partial charge in [-0.3, -0.25) is 0 Å². The van der Waals surface area contributed by atoms with Crippen molar-refractivity contribution in [3.8, 4) is 0 Å². The highest BCUT2D eigenvalue weighted by molar-refractivity contribution is 4.80. The maximum atomic E-state index is 4.04. The van der Waals surface area contributed by atoms with Crippen LogP contribution in [0.2, 0.25) is 0 Å². The van der Waals surface area contributed by atoms with Gasteiger partial charge in [-0.2, -0.15) is 0 Å². The molecule has 5 nitrogen and oxygen atoms in total. The lowest BCUT2D eigenvalue weighted by Crippen LogP contribution is -2.18. The highest BCUT2D eigenvalue weighted by Crippen LogP contribution is 2.33. The zero-order chi connectivity index (χ0) is 11.2. The van der Waals surface area contributed by atoms with Gasteiger partial charge in [-0.05, 0) is 42.2 Å². The fourth-order valence-corrected chi connectivity index (χ4v) is 1.84. The number of aromatic nitrogens is 4. The maximum Gasteiger partial charge on any atom is 0.165 e. The van der Waals surface area contributed by atoms with Crippen molar-refractivity contribution in [1.82, 2.24) is 25.5 Å². The number of hydrogen-bond acceptors (Lipinski definition) is 4. The minimum atomic E-state index is 0.782. The van der Waals surface area contributed by atoms with Crippen LogP contribution in [0, 0.1) is 5.92 Å². The number of nitrogens with one attached hydrogen (secondary N) is 1. The van der Waals surface area contributed by atoms with Gasteiger partial charge in [0.2, 0.25) is 0 Å². The number of tetrazole rings is 1. The van der Waals surface area contributed by atoms with Crippen LogP contribution in [0.1, 0.15) is 44.9 Å². The molecule has 1 aliphatic rings. The lowest BCUT2D eigenvalue weighted by Gasteiger charge is -2.04. The van der Waals surface area contributed by atoms with Crippen LogP contribution in [0.3, 0.4) is 0 Å². The van der Waals surface area contributed by atoms with Crippen molar-refractivity contribution in [2.24, 2.45) is 5.92 Å². The Labute approximate surface area is 96.6 Å². The number of aryl methyl sites for hydroxylation is 1. The van der Waals surface area contributed by atoms with Crippen molar-refractivity contribution >= 4 is 0 Å². The summed E-state index contributed by atoms with van der Waals surface area (Å²) in [4.78, 5) is 0. The fourth-order valence-electron chi connectivity index (χ4n) is 1.84. The smallest absolute Gasteiger partial charge is 0.165 e. The molecule has 2 rings (SSSR count). The number of rotatable bonds is 8. The molecule has 90 valence electrons. The van der Waals surface area contributed by atoms with Gasteiger partial charge in [-0.15, -0.1) is 5.10 Å². The van der Waals surface area contributed by atoms with Crippen LogP contribution in [0.5, 0.6) is 0 Å². The Bertz CT molecular complexity index is 305. The van der Waals surface area contributed by atoms with Gasteiger partial charge >= 0.3 is 0 Å². The van der Waals surface area contributed by atoms with Crippen LogP contribution in [0.15, 0.2) is 0 Å². The first-order valence-electron chi connectivity index (χ1n) is 6.36. The van der Waals surface area contributed by atoms with E-state index >= 15 is 0 Å². The molecule has 0 spiro atoms. The predicted molar refractivity (Wildman–Crippen MR) is 61.8 cm³/mol. The Kier molecular flexibility index (Phi) is 4.27. The summed E-state index contributed by atoms with van der Waals surface area (Å²) in [5, 5.41) is 15.1. The SMILES string of the molecule is CCCNCc1nnnn1CCCC1CC1. The normalized spacial score (nSPS) is 15.6. The molecular weight excluding hydrogens is 202 g/mol. The summed E-state index contributed by atoms with van der Waals surface area (Å²) in [6.07, 6.45) is 6.54. The van der Waals surface area contributed by atoms with Gasteiger partial charge in [0.25, 0.3) is 0 Å². The predicted octanol–water partition coefficient (Wildman–Crippen LogP) is 1.36. The Morgan fingerprint density at radius 3 is 3.06 bits per heavy atom. The first-order valence-corrected chi connectivity index (χ1v) is 6.36. The van der Waals surface area contributed by atoms with E-state index in [2.05, 4.69) is 27.8 Å². The molecule has 0 atom stereocenters. The second kappa shape index (κ2) is 5.94. The zero-order valence-electron chi connectivity index (χ0n) is 10.0. The molecule has 16 heavy (non-hydrogen) atoms. The van der Waals surface area contributed by atoms with Gasteiger partial charge in [0.1, 0.15) is 0 Å². The van der Waals surface area contributed by atoms with E-state index in [4.69, 9.17) is 0 Å². The second-order valence-electron chi connectivity index (χ2n) is 4.58. The van der Waals surface area contributed by atoms with Crippen LogP contribution in [-0.4, -0.2) is 26.8 Å². The summed E-state index contributed by atoms with van der Waals surface area (Å²) in [5.41, 5.74) is 0. The average Bonchev–Trinajstić information content (AvgIpc) is 3.00. The van der Waals surface area contributed by atoms with Crippen LogP contribution >= 0.6 is 0 Å². The molecule has 1 aromatic heterocycles. The van der Waals surface area contributed by atoms with Crippen molar-refractivity contribution in [3.63, 3.8) is 0 Å². The van der Waals surface area contributed by atoms with Crippen LogP contribution in [0.4, 0.5) is 0 Å². The van der Waals surface area contributed by atoms with Gasteiger partial charge in [0.05, 0.1) is 6.54 Å². The van der Waals surface area contributed by atoms with E-state index in [1.165, 1.54) is 25.7 Å². The van der Waals surface area contributed by atoms with Crippen LogP contribution in [0.25, 0.3) is 0 Å². The Balaban J connectivity index is 1.71. The molecule has 0 saturated heterocycles. The van der Waals surface area contributed by atoms with E-state index in [1.807, 2.05) is 4.68 Å².